The smallest absolute Gasteiger partial charge is 0.308 e. The number of carbonyl (C=O) groups is 1. The summed E-state index contributed by atoms with van der Waals surface area (Å²) >= 11 is 1.85. The van der Waals surface area contributed by atoms with Gasteiger partial charge in [-0.3, -0.25) is 19.1 Å². The molecular weight excluding hydrogens is 540 g/mol. The molecule has 2 aliphatic carbocycles. The van der Waals surface area contributed by atoms with Crippen LogP contribution >= 0.6 is 11.8 Å². The van der Waals surface area contributed by atoms with Crippen molar-refractivity contribution >= 4 is 17.7 Å². The Morgan fingerprint density at radius 1 is 1.17 bits per heavy atom. The van der Waals surface area contributed by atoms with Crippen molar-refractivity contribution in [1.82, 2.24) is 19.8 Å². The molecule has 1 saturated carbocycles. The molecule has 9 atom stereocenters. The lowest BCUT2D eigenvalue weighted by Crippen LogP contribution is -2.57. The van der Waals surface area contributed by atoms with E-state index in [2.05, 4.69) is 24.1 Å². The largest absolute Gasteiger partial charge is 0.481 e. The van der Waals surface area contributed by atoms with Crippen molar-refractivity contribution in [1.29, 1.82) is 0 Å². The van der Waals surface area contributed by atoms with Crippen LogP contribution in [-0.2, 0) is 33.7 Å². The van der Waals surface area contributed by atoms with E-state index in [1.54, 1.807) is 7.11 Å². The van der Waals surface area contributed by atoms with Gasteiger partial charge >= 0.3 is 5.97 Å². The lowest BCUT2D eigenvalue weighted by Gasteiger charge is -2.47. The fourth-order valence-corrected chi connectivity index (χ4v) is 10.3. The zero-order valence-electron chi connectivity index (χ0n) is 25.1. The Hall–Kier alpha value is -1.46. The maximum atomic E-state index is 13.7. The Balaban J connectivity index is 1.13. The summed E-state index contributed by atoms with van der Waals surface area (Å²) in [6.45, 7) is 9.42. The number of hydrogen-bond acceptors (Lipinski definition) is 8. The molecular formula is C31H48N4O5S. The summed E-state index contributed by atoms with van der Waals surface area (Å²) in [7, 11) is 1.77. The average Bonchev–Trinajstić information content (AvgIpc) is 3.34. The van der Waals surface area contributed by atoms with Gasteiger partial charge in [0.25, 0.3) is 5.56 Å². The second kappa shape index (κ2) is 12.3. The lowest BCUT2D eigenvalue weighted by atomic mass is 9.68. The normalized spacial score (nSPS) is 37.8. The first kappa shape index (κ1) is 29.6. The third-order valence-corrected chi connectivity index (χ3v) is 12.4. The molecule has 228 valence electrons. The van der Waals surface area contributed by atoms with Gasteiger partial charge in [-0.15, -0.1) is 0 Å². The molecule has 41 heavy (non-hydrogen) atoms. The van der Waals surface area contributed by atoms with Crippen LogP contribution in [0.4, 0.5) is 0 Å². The number of thioether (sulfide) groups is 1. The number of nitrogens with one attached hydrogen (secondary N) is 1. The molecule has 10 heteroatoms. The van der Waals surface area contributed by atoms with E-state index in [-0.39, 0.29) is 23.6 Å². The van der Waals surface area contributed by atoms with Crippen molar-refractivity contribution in [3.8, 4) is 0 Å². The van der Waals surface area contributed by atoms with Crippen LogP contribution in [0.3, 0.4) is 0 Å². The predicted molar refractivity (Wildman–Crippen MR) is 160 cm³/mol. The van der Waals surface area contributed by atoms with Crippen molar-refractivity contribution in [3.63, 3.8) is 0 Å². The first-order valence-electron chi connectivity index (χ1n) is 15.8. The number of aliphatic carboxylic acids is 1. The fourth-order valence-electron chi connectivity index (χ4n) is 8.49. The minimum atomic E-state index is -0.676. The Kier molecular flexibility index (Phi) is 8.86. The Morgan fingerprint density at radius 3 is 2.73 bits per heavy atom. The van der Waals surface area contributed by atoms with Gasteiger partial charge < -0.3 is 19.9 Å². The van der Waals surface area contributed by atoms with E-state index in [0.29, 0.717) is 60.1 Å². The zero-order valence-corrected chi connectivity index (χ0v) is 25.9. The van der Waals surface area contributed by atoms with Crippen molar-refractivity contribution in [2.45, 2.75) is 108 Å². The third kappa shape index (κ3) is 5.88. The fraction of sp³-hybridized carbons (Fsp3) is 0.839. The average molecular weight is 589 g/mol. The van der Waals surface area contributed by atoms with Crippen LogP contribution in [0.5, 0.6) is 0 Å². The van der Waals surface area contributed by atoms with Gasteiger partial charge in [-0.2, -0.15) is 11.8 Å². The van der Waals surface area contributed by atoms with Gasteiger partial charge in [-0.25, -0.2) is 4.98 Å². The highest BCUT2D eigenvalue weighted by Crippen LogP contribution is 2.48. The molecule has 2 N–H and O–H groups in total. The standard InChI is InChI=1S/C31H48N4O5S/c1-17-5-8-27(22(11-17)23-12-18(2)32-28-25(31(37)38)16-41-29(23)28)40-10-9-35-19(3)33-26-7-6-20(13-24(26)30(35)36)34-14-21(15-34)39-4/h17-18,20-23,25,27-29,32H,5-16H2,1-4H3,(H,37,38). The number of nitrogens with zero attached hydrogens (tertiary/aromatic N) is 3. The summed E-state index contributed by atoms with van der Waals surface area (Å²) in [6.07, 6.45) is 7.53. The van der Waals surface area contributed by atoms with E-state index in [4.69, 9.17) is 14.5 Å². The SMILES string of the molecule is COC1CN(C2CCc3nc(C)n(CCOC4CCC(C)CC4C4CC(C)NC5C(C(=O)O)CSC45)c(=O)c3C2)C1. The second-order valence-corrected chi connectivity index (χ2v) is 14.7. The summed E-state index contributed by atoms with van der Waals surface area (Å²) < 4.78 is 14.0. The van der Waals surface area contributed by atoms with Gasteiger partial charge in [-0.1, -0.05) is 6.92 Å². The maximum absolute atomic E-state index is 13.7. The summed E-state index contributed by atoms with van der Waals surface area (Å²) in [5, 5.41) is 13.8. The number of carboxylic acid groups (broad SMARTS) is 1. The second-order valence-electron chi connectivity index (χ2n) is 13.5. The van der Waals surface area contributed by atoms with Gasteiger partial charge in [0, 0.05) is 54.9 Å². The van der Waals surface area contributed by atoms with Crippen molar-refractivity contribution in [3.05, 3.63) is 27.4 Å². The number of hydrogen-bond donors (Lipinski definition) is 2. The van der Waals surface area contributed by atoms with E-state index in [9.17, 15) is 14.7 Å². The highest BCUT2D eigenvalue weighted by Gasteiger charge is 2.51. The van der Waals surface area contributed by atoms with Crippen LogP contribution in [0.1, 0.15) is 63.0 Å². The quantitative estimate of drug-likeness (QED) is 0.474. The number of fused-ring (bicyclic) bond motifs is 2. The van der Waals surface area contributed by atoms with E-state index in [0.717, 1.165) is 75.1 Å². The summed E-state index contributed by atoms with van der Waals surface area (Å²) in [5.41, 5.74) is 1.97. The van der Waals surface area contributed by atoms with Crippen molar-refractivity contribution in [2.24, 2.45) is 23.7 Å². The molecule has 4 fully saturated rings. The molecule has 9 unspecified atom stereocenters. The third-order valence-electron chi connectivity index (χ3n) is 10.8. The summed E-state index contributed by atoms with van der Waals surface area (Å²) in [5.74, 6) is 2.00. The van der Waals surface area contributed by atoms with Crippen LogP contribution in [0.25, 0.3) is 0 Å². The number of aryl methyl sites for hydroxylation is 2. The van der Waals surface area contributed by atoms with E-state index < -0.39 is 5.97 Å². The number of aromatic nitrogens is 2. The molecule has 1 aromatic heterocycles. The van der Waals surface area contributed by atoms with Crippen LogP contribution in [0, 0.1) is 30.6 Å². The molecule has 0 radical (unpaired) electrons. The van der Waals surface area contributed by atoms with Crippen molar-refractivity contribution < 1.29 is 19.4 Å². The van der Waals surface area contributed by atoms with Gasteiger partial charge in [0.1, 0.15) is 5.82 Å². The molecule has 0 amide bonds. The molecule has 1 aromatic rings. The molecule has 3 aliphatic heterocycles. The van der Waals surface area contributed by atoms with E-state index in [1.807, 2.05) is 23.3 Å². The molecule has 0 aromatic carbocycles. The van der Waals surface area contributed by atoms with Gasteiger partial charge in [0.15, 0.2) is 0 Å². The van der Waals surface area contributed by atoms with E-state index >= 15 is 0 Å². The Morgan fingerprint density at radius 2 is 1.98 bits per heavy atom. The molecule has 6 rings (SSSR count). The highest BCUT2D eigenvalue weighted by molar-refractivity contribution is 8.00. The van der Waals surface area contributed by atoms with Gasteiger partial charge in [0.2, 0.25) is 0 Å². The Bertz CT molecular complexity index is 1170. The number of likely N-dealkylation sites (tertiary alicyclic amines) is 1. The zero-order chi connectivity index (χ0) is 28.8. The molecule has 9 nitrogen and oxygen atoms in total. The maximum Gasteiger partial charge on any atom is 0.308 e. The lowest BCUT2D eigenvalue weighted by molar-refractivity contribution is -0.142. The minimum absolute atomic E-state index is 0.0346. The molecule has 5 aliphatic rings. The summed E-state index contributed by atoms with van der Waals surface area (Å²) in [6, 6.07) is 0.738. The minimum Gasteiger partial charge on any atom is -0.481 e. The number of rotatable bonds is 8. The molecule has 0 bridgehead atoms. The first-order valence-corrected chi connectivity index (χ1v) is 16.9. The number of ether oxygens (including phenoxy) is 2. The number of methoxy groups -OCH3 is 1. The van der Waals surface area contributed by atoms with Gasteiger partial charge in [0.05, 0.1) is 37.0 Å². The molecule has 4 heterocycles. The highest BCUT2D eigenvalue weighted by atomic mass is 32.2. The predicted octanol–water partition coefficient (Wildman–Crippen LogP) is 2.74. The monoisotopic (exact) mass is 588 g/mol. The van der Waals surface area contributed by atoms with E-state index in [1.165, 1.54) is 0 Å². The topological polar surface area (TPSA) is 106 Å². The first-order chi connectivity index (χ1) is 19.7. The van der Waals surface area contributed by atoms with Crippen molar-refractivity contribution in [2.75, 3.05) is 32.6 Å². The van der Waals surface area contributed by atoms with Crippen LogP contribution in [0.2, 0.25) is 0 Å². The van der Waals surface area contributed by atoms with Gasteiger partial charge in [-0.05, 0) is 76.5 Å². The molecule has 0 spiro atoms. The Labute approximate surface area is 248 Å². The summed E-state index contributed by atoms with van der Waals surface area (Å²) in [4.78, 5) is 33.0. The molecule has 3 saturated heterocycles. The van der Waals surface area contributed by atoms with Crippen LogP contribution in [0.15, 0.2) is 4.79 Å². The van der Waals surface area contributed by atoms with Crippen LogP contribution < -0.4 is 10.9 Å². The van der Waals surface area contributed by atoms with Crippen LogP contribution in [-0.4, -0.2) is 93.7 Å². The number of carboxylic acids is 1. The number of piperidine rings is 1.